The number of rotatable bonds is 5. The maximum atomic E-state index is 7.91. The second-order valence-corrected chi connectivity index (χ2v) is 1.59. The number of hydrogen-bond donors (Lipinski definition) is 0. The first-order valence-electron chi connectivity index (χ1n) is 2.93. The third-order valence-corrected chi connectivity index (χ3v) is 0.872. The molecule has 0 bridgehead atoms. The quantitative estimate of drug-likeness (QED) is 0.417. The van der Waals surface area contributed by atoms with Gasteiger partial charge in [-0.25, -0.2) is 0 Å². The molecule has 0 rings (SSSR count). The number of unbranched alkanes of at least 4 members (excludes halogenated alkanes) is 1. The lowest BCUT2D eigenvalue weighted by Gasteiger charge is -1.94. The van der Waals surface area contributed by atoms with E-state index in [1.54, 1.807) is 12.5 Å². The lowest BCUT2D eigenvalue weighted by atomic mass is 10.3. The standard InChI is InChI=1S/C6H8N2O2/c7-5-9-3-1-2-4-10-6-8/h1-4H2. The fraction of sp³-hybridized carbons (Fsp3) is 0.667. The molecule has 4 nitrogen and oxygen atoms in total. The SMILES string of the molecule is N#COCCCCOC#N. The summed E-state index contributed by atoms with van der Waals surface area (Å²) in [6.07, 6.45) is 4.60. The summed E-state index contributed by atoms with van der Waals surface area (Å²) in [7, 11) is 0. The zero-order valence-corrected chi connectivity index (χ0v) is 5.54. The summed E-state index contributed by atoms with van der Waals surface area (Å²) >= 11 is 0. The molecule has 0 unspecified atom stereocenters. The first kappa shape index (κ1) is 8.58. The summed E-state index contributed by atoms with van der Waals surface area (Å²) in [5.74, 6) is 0. The Balaban J connectivity index is 2.80. The van der Waals surface area contributed by atoms with Gasteiger partial charge in [0.05, 0.1) is 0 Å². The molecule has 0 radical (unpaired) electrons. The van der Waals surface area contributed by atoms with Crippen LogP contribution >= 0.6 is 0 Å². The van der Waals surface area contributed by atoms with E-state index in [1.165, 1.54) is 0 Å². The van der Waals surface area contributed by atoms with Gasteiger partial charge in [0, 0.05) is 0 Å². The summed E-state index contributed by atoms with van der Waals surface area (Å²) in [5, 5.41) is 15.8. The molecule has 0 atom stereocenters. The van der Waals surface area contributed by atoms with Crippen molar-refractivity contribution in [1.29, 1.82) is 10.5 Å². The van der Waals surface area contributed by atoms with Gasteiger partial charge in [-0.3, -0.25) is 0 Å². The van der Waals surface area contributed by atoms with E-state index in [-0.39, 0.29) is 0 Å². The van der Waals surface area contributed by atoms with Gasteiger partial charge in [0.15, 0.2) is 0 Å². The van der Waals surface area contributed by atoms with Crippen LogP contribution in [0, 0.1) is 23.0 Å². The molecule has 0 aromatic carbocycles. The maximum absolute atomic E-state index is 7.91. The Bertz CT molecular complexity index is 127. The summed E-state index contributed by atoms with van der Waals surface area (Å²) in [6.45, 7) is 0.816. The second kappa shape index (κ2) is 7.58. The predicted octanol–water partition coefficient (Wildman–Crippen LogP) is 0.762. The molecule has 0 saturated heterocycles. The summed E-state index contributed by atoms with van der Waals surface area (Å²) in [4.78, 5) is 0. The van der Waals surface area contributed by atoms with Gasteiger partial charge in [-0.05, 0) is 12.8 Å². The molecular weight excluding hydrogens is 132 g/mol. The maximum Gasteiger partial charge on any atom is 0.286 e. The third-order valence-electron chi connectivity index (χ3n) is 0.872. The zero-order chi connectivity index (χ0) is 7.66. The molecule has 0 heterocycles. The molecule has 0 aliphatic carbocycles. The van der Waals surface area contributed by atoms with Crippen LogP contribution in [0.3, 0.4) is 0 Å². The molecule has 0 amide bonds. The molecule has 0 N–H and O–H groups in total. The molecule has 0 aromatic heterocycles. The Morgan fingerprint density at radius 3 is 1.60 bits per heavy atom. The minimum Gasteiger partial charge on any atom is -0.428 e. The number of ether oxygens (including phenoxy) is 2. The largest absolute Gasteiger partial charge is 0.428 e. The van der Waals surface area contributed by atoms with E-state index in [2.05, 4.69) is 9.47 Å². The topological polar surface area (TPSA) is 66.0 Å². The van der Waals surface area contributed by atoms with Crippen LogP contribution in [0.15, 0.2) is 0 Å². The number of hydrogen-bond acceptors (Lipinski definition) is 4. The van der Waals surface area contributed by atoms with E-state index in [4.69, 9.17) is 10.5 Å². The summed E-state index contributed by atoms with van der Waals surface area (Å²) in [6, 6.07) is 0. The van der Waals surface area contributed by atoms with E-state index in [0.717, 1.165) is 12.8 Å². The van der Waals surface area contributed by atoms with Crippen molar-refractivity contribution in [2.24, 2.45) is 0 Å². The van der Waals surface area contributed by atoms with Gasteiger partial charge in [-0.1, -0.05) is 0 Å². The van der Waals surface area contributed by atoms with Crippen molar-refractivity contribution >= 4 is 0 Å². The molecule has 4 heteroatoms. The Hall–Kier alpha value is -1.42. The van der Waals surface area contributed by atoms with Crippen molar-refractivity contribution in [2.45, 2.75) is 12.8 Å². The Labute approximate surface area is 59.6 Å². The predicted molar refractivity (Wildman–Crippen MR) is 32.4 cm³/mol. The van der Waals surface area contributed by atoms with Crippen LogP contribution in [0.4, 0.5) is 0 Å². The number of nitrogens with zero attached hydrogens (tertiary/aromatic N) is 2. The van der Waals surface area contributed by atoms with Crippen molar-refractivity contribution in [2.75, 3.05) is 13.2 Å². The minimum atomic E-state index is 0.408. The van der Waals surface area contributed by atoms with Gasteiger partial charge in [0.1, 0.15) is 13.2 Å². The molecule has 0 saturated carbocycles. The van der Waals surface area contributed by atoms with Gasteiger partial charge >= 0.3 is 0 Å². The second-order valence-electron chi connectivity index (χ2n) is 1.59. The fourth-order valence-corrected chi connectivity index (χ4v) is 0.440. The lowest BCUT2D eigenvalue weighted by Crippen LogP contribution is -1.92. The molecule has 0 aliphatic rings. The van der Waals surface area contributed by atoms with Crippen LogP contribution < -0.4 is 0 Å². The van der Waals surface area contributed by atoms with Crippen LogP contribution in [0.5, 0.6) is 0 Å². The van der Waals surface area contributed by atoms with Crippen molar-refractivity contribution in [3.05, 3.63) is 0 Å². The van der Waals surface area contributed by atoms with E-state index in [0.29, 0.717) is 13.2 Å². The van der Waals surface area contributed by atoms with Crippen LogP contribution in [-0.4, -0.2) is 13.2 Å². The van der Waals surface area contributed by atoms with Crippen LogP contribution in [-0.2, 0) is 9.47 Å². The molecule has 0 aliphatic heterocycles. The van der Waals surface area contributed by atoms with Crippen LogP contribution in [0.1, 0.15) is 12.8 Å². The van der Waals surface area contributed by atoms with Crippen molar-refractivity contribution in [3.63, 3.8) is 0 Å². The monoisotopic (exact) mass is 140 g/mol. The summed E-state index contributed by atoms with van der Waals surface area (Å²) in [5.41, 5.74) is 0. The normalized spacial score (nSPS) is 7.40. The molecule has 0 fully saturated rings. The molecule has 54 valence electrons. The third kappa shape index (κ3) is 6.58. The average molecular weight is 140 g/mol. The highest BCUT2D eigenvalue weighted by Gasteiger charge is 1.87. The van der Waals surface area contributed by atoms with Gasteiger partial charge in [0.2, 0.25) is 0 Å². The smallest absolute Gasteiger partial charge is 0.286 e. The molecule has 0 aromatic rings. The zero-order valence-electron chi connectivity index (χ0n) is 5.54. The van der Waals surface area contributed by atoms with Gasteiger partial charge in [-0.15, -0.1) is 0 Å². The first-order valence-corrected chi connectivity index (χ1v) is 2.93. The highest BCUT2D eigenvalue weighted by atomic mass is 16.5. The highest BCUT2D eigenvalue weighted by molar-refractivity contribution is 4.50. The lowest BCUT2D eigenvalue weighted by molar-refractivity contribution is 0.223. The molecule has 0 spiro atoms. The van der Waals surface area contributed by atoms with Crippen LogP contribution in [0.25, 0.3) is 0 Å². The Morgan fingerprint density at radius 2 is 1.30 bits per heavy atom. The van der Waals surface area contributed by atoms with E-state index < -0.39 is 0 Å². The highest BCUT2D eigenvalue weighted by Crippen LogP contribution is 1.89. The first-order chi connectivity index (χ1) is 4.91. The number of nitriles is 2. The van der Waals surface area contributed by atoms with Crippen LogP contribution in [0.2, 0.25) is 0 Å². The fourth-order valence-electron chi connectivity index (χ4n) is 0.440. The summed E-state index contributed by atoms with van der Waals surface area (Å²) < 4.78 is 8.76. The van der Waals surface area contributed by atoms with Gasteiger partial charge in [0.25, 0.3) is 12.5 Å². The Morgan fingerprint density at radius 1 is 0.900 bits per heavy atom. The van der Waals surface area contributed by atoms with Crippen molar-refractivity contribution < 1.29 is 9.47 Å². The van der Waals surface area contributed by atoms with Gasteiger partial charge in [-0.2, -0.15) is 10.5 Å². The van der Waals surface area contributed by atoms with Gasteiger partial charge < -0.3 is 9.47 Å². The average Bonchev–Trinajstić information content (AvgIpc) is 1.97. The van der Waals surface area contributed by atoms with E-state index >= 15 is 0 Å². The van der Waals surface area contributed by atoms with Crippen molar-refractivity contribution in [1.82, 2.24) is 0 Å². The minimum absolute atomic E-state index is 0.408. The van der Waals surface area contributed by atoms with E-state index in [9.17, 15) is 0 Å². The molecular formula is C6H8N2O2. The molecule has 10 heavy (non-hydrogen) atoms. The van der Waals surface area contributed by atoms with Crippen molar-refractivity contribution in [3.8, 4) is 12.5 Å². The van der Waals surface area contributed by atoms with E-state index in [1.807, 2.05) is 0 Å². The Kier molecular flexibility index (Phi) is 6.50.